The Kier molecular flexibility index (Phi) is 12.6. The Morgan fingerprint density at radius 3 is 2.30 bits per heavy atom. The summed E-state index contributed by atoms with van der Waals surface area (Å²) in [7, 11) is 0. The van der Waals surface area contributed by atoms with Crippen molar-refractivity contribution in [3.8, 4) is 0 Å². The van der Waals surface area contributed by atoms with Crippen molar-refractivity contribution in [2.45, 2.75) is 85.0 Å². The molecule has 0 atom stereocenters. The molecular formula is C31H40N2. The van der Waals surface area contributed by atoms with Crippen LogP contribution in [0.5, 0.6) is 0 Å². The molecule has 0 heterocycles. The lowest BCUT2D eigenvalue weighted by atomic mass is 9.92. The van der Waals surface area contributed by atoms with Crippen molar-refractivity contribution >= 4 is 17.5 Å². The molecule has 174 valence electrons. The van der Waals surface area contributed by atoms with Crippen molar-refractivity contribution < 1.29 is 4.79 Å². The first-order valence-corrected chi connectivity index (χ1v) is 12.7. The van der Waals surface area contributed by atoms with Gasteiger partial charge in [-0.05, 0) is 72.6 Å². The fourth-order valence-electron chi connectivity index (χ4n) is 4.11. The maximum absolute atomic E-state index is 9.18. The second kappa shape index (κ2) is 15.8. The van der Waals surface area contributed by atoms with Crippen molar-refractivity contribution in [1.82, 2.24) is 0 Å². The highest BCUT2D eigenvalue weighted by Gasteiger charge is 2.10. The van der Waals surface area contributed by atoms with Crippen LogP contribution in [-0.4, -0.2) is 10.7 Å². The molecule has 0 saturated carbocycles. The molecule has 0 radical (unpaired) electrons. The van der Waals surface area contributed by atoms with Gasteiger partial charge in [0.25, 0.3) is 0 Å². The monoisotopic (exact) mass is 440 g/mol. The zero-order chi connectivity index (χ0) is 23.7. The summed E-state index contributed by atoms with van der Waals surface area (Å²) >= 11 is 0. The van der Waals surface area contributed by atoms with Gasteiger partial charge in [-0.2, -0.15) is 0 Å². The number of rotatable bonds is 14. The Morgan fingerprint density at radius 2 is 1.58 bits per heavy atom. The number of hydrogen-bond donors (Lipinski definition) is 0. The normalized spacial score (nSPS) is 11.4. The van der Waals surface area contributed by atoms with Crippen molar-refractivity contribution in [3.05, 3.63) is 94.0 Å². The second-order valence-corrected chi connectivity index (χ2v) is 8.74. The molecule has 2 rings (SSSR count). The first-order valence-electron chi connectivity index (χ1n) is 12.7. The Bertz CT molecular complexity index is 999. The summed E-state index contributed by atoms with van der Waals surface area (Å²) in [6, 6.07) is 17.5. The van der Waals surface area contributed by atoms with E-state index in [4.69, 9.17) is 0 Å². The molecule has 0 aromatic heterocycles. The summed E-state index contributed by atoms with van der Waals surface area (Å²) in [5, 5.41) is 0. The van der Waals surface area contributed by atoms with Crippen LogP contribution in [0.1, 0.15) is 101 Å². The molecule has 0 unspecified atom stereocenters. The van der Waals surface area contributed by atoms with Gasteiger partial charge in [-0.1, -0.05) is 107 Å². The molecule has 2 heteroatoms. The highest BCUT2D eigenvalue weighted by Crippen LogP contribution is 2.28. The third kappa shape index (κ3) is 9.62. The van der Waals surface area contributed by atoms with Gasteiger partial charge in [0.2, 0.25) is 0 Å². The lowest BCUT2D eigenvalue weighted by Gasteiger charge is -2.12. The lowest BCUT2D eigenvalue weighted by Crippen LogP contribution is -1.94. The maximum Gasteiger partial charge on any atom is 0.303 e. The topological polar surface area (TPSA) is 36.4 Å². The first kappa shape index (κ1) is 26.3. The van der Waals surface area contributed by atoms with E-state index in [1.165, 1.54) is 55.2 Å². The third-order valence-corrected chi connectivity index (χ3v) is 5.93. The van der Waals surface area contributed by atoms with Crippen LogP contribution in [0.3, 0.4) is 0 Å². The second-order valence-electron chi connectivity index (χ2n) is 8.74. The van der Waals surface area contributed by atoms with E-state index in [0.717, 1.165) is 42.4 Å². The molecule has 2 aromatic rings. The van der Waals surface area contributed by atoms with Crippen LogP contribution in [0.2, 0.25) is 0 Å². The number of hydrogen-bond acceptors (Lipinski definition) is 0. The Morgan fingerprint density at radius 1 is 0.879 bits per heavy atom. The lowest BCUT2D eigenvalue weighted by molar-refractivity contribution is 0.00746. The highest BCUT2D eigenvalue weighted by molar-refractivity contribution is 5.84. The fourth-order valence-corrected chi connectivity index (χ4v) is 4.11. The van der Waals surface area contributed by atoms with E-state index < -0.39 is 0 Å². The molecule has 0 fully saturated rings. The zero-order valence-corrected chi connectivity index (χ0v) is 20.8. The number of allylic oxidation sites excluding steroid dienone is 3. The van der Waals surface area contributed by atoms with Gasteiger partial charge in [-0.3, -0.25) is 0 Å². The third-order valence-electron chi connectivity index (χ3n) is 5.93. The smallest absolute Gasteiger partial charge is 0.303 e. The van der Waals surface area contributed by atoms with E-state index in [0.29, 0.717) is 0 Å². The molecule has 2 aromatic carbocycles. The maximum atomic E-state index is 9.18. The summed E-state index contributed by atoms with van der Waals surface area (Å²) in [5.41, 5.74) is 16.2. The average Bonchev–Trinajstić information content (AvgIpc) is 2.83. The molecule has 0 N–H and O–H groups in total. The highest BCUT2D eigenvalue weighted by atomic mass is 14.8. The van der Waals surface area contributed by atoms with E-state index >= 15 is 0 Å². The van der Waals surface area contributed by atoms with E-state index in [1.807, 2.05) is 6.92 Å². The van der Waals surface area contributed by atoms with Crippen LogP contribution in [-0.2, 0) is 6.42 Å². The zero-order valence-electron chi connectivity index (χ0n) is 20.8. The van der Waals surface area contributed by atoms with Crippen LogP contribution < -0.4 is 0 Å². The Hall–Kier alpha value is -2.92. The minimum absolute atomic E-state index is 0.843. The molecule has 2 nitrogen and oxygen atoms in total. The van der Waals surface area contributed by atoms with E-state index in [9.17, 15) is 5.53 Å². The van der Waals surface area contributed by atoms with Gasteiger partial charge < -0.3 is 5.53 Å². The molecule has 0 aliphatic rings. The predicted octanol–water partition coefficient (Wildman–Crippen LogP) is 9.07. The SMILES string of the molecule is CC=Cc1cccc(C(=CC(=C=[N+]=[N-])CCCC)c2cccc(CCCCCCCC)c2)c1. The van der Waals surface area contributed by atoms with Crippen LogP contribution in [0.4, 0.5) is 0 Å². The van der Waals surface area contributed by atoms with Gasteiger partial charge in [0, 0.05) is 0 Å². The summed E-state index contributed by atoms with van der Waals surface area (Å²) in [6.45, 7) is 6.48. The van der Waals surface area contributed by atoms with E-state index in [-0.39, 0.29) is 0 Å². The van der Waals surface area contributed by atoms with Crippen molar-refractivity contribution in [1.29, 1.82) is 0 Å². The number of nitrogens with zero attached hydrogens (tertiary/aromatic N) is 2. The summed E-state index contributed by atoms with van der Waals surface area (Å²) in [6.07, 6.45) is 18.3. The molecule has 0 amide bonds. The molecule has 0 saturated heterocycles. The van der Waals surface area contributed by atoms with Gasteiger partial charge in [0.1, 0.15) is 0 Å². The minimum Gasteiger partial charge on any atom is -0.348 e. The fraction of sp³-hybridized carbons (Fsp3) is 0.419. The van der Waals surface area contributed by atoms with E-state index in [1.54, 1.807) is 0 Å². The van der Waals surface area contributed by atoms with Gasteiger partial charge in [0.05, 0.1) is 5.57 Å². The van der Waals surface area contributed by atoms with Crippen LogP contribution in [0.15, 0.2) is 66.3 Å². The van der Waals surface area contributed by atoms with Gasteiger partial charge >= 0.3 is 5.87 Å². The number of unbranched alkanes of at least 4 members (excludes halogenated alkanes) is 6. The standard InChI is InChI=1S/C31H40N2/c1-4-7-9-10-11-12-17-27-19-14-21-30(23-27)31(24-28(25-33-32)16-8-5-2)29-20-13-18-26(22-29)15-6-3/h6,13-15,18-24H,4-5,7-12,16-17H2,1-3H3. The average molecular weight is 441 g/mol. The summed E-state index contributed by atoms with van der Waals surface area (Å²) < 4.78 is 0. The van der Waals surface area contributed by atoms with Crippen LogP contribution in [0, 0.1) is 0 Å². The van der Waals surface area contributed by atoms with Crippen molar-refractivity contribution in [2.24, 2.45) is 0 Å². The Balaban J connectivity index is 2.38. The summed E-state index contributed by atoms with van der Waals surface area (Å²) in [5.74, 6) is 2.81. The molecule has 33 heavy (non-hydrogen) atoms. The first-order chi connectivity index (χ1) is 16.2. The predicted molar refractivity (Wildman–Crippen MR) is 143 cm³/mol. The Labute approximate surface area is 201 Å². The van der Waals surface area contributed by atoms with Gasteiger partial charge in [-0.25, -0.2) is 0 Å². The molecule has 0 aliphatic heterocycles. The van der Waals surface area contributed by atoms with Crippen molar-refractivity contribution in [3.63, 3.8) is 0 Å². The van der Waals surface area contributed by atoms with E-state index in [2.05, 4.69) is 91.3 Å². The molecule has 0 bridgehead atoms. The summed E-state index contributed by atoms with van der Waals surface area (Å²) in [4.78, 5) is 3.22. The number of aryl methyl sites for hydroxylation is 1. The van der Waals surface area contributed by atoms with Crippen LogP contribution >= 0.6 is 0 Å². The largest absolute Gasteiger partial charge is 0.348 e. The molecular weight excluding hydrogens is 400 g/mol. The van der Waals surface area contributed by atoms with Crippen molar-refractivity contribution in [2.75, 3.05) is 0 Å². The molecule has 0 spiro atoms. The molecule has 0 aliphatic carbocycles. The van der Waals surface area contributed by atoms with Crippen LogP contribution in [0.25, 0.3) is 17.2 Å². The quantitative estimate of drug-likeness (QED) is 0.0923. The minimum atomic E-state index is 0.843. The number of benzene rings is 2. The van der Waals surface area contributed by atoms with Gasteiger partial charge in [0.15, 0.2) is 0 Å². The van der Waals surface area contributed by atoms with Gasteiger partial charge in [-0.15, -0.1) is 4.79 Å².